The second-order valence-electron chi connectivity index (χ2n) is 5.10. The lowest BCUT2D eigenvalue weighted by molar-refractivity contribution is 0.809. The van der Waals surface area contributed by atoms with E-state index < -0.39 is 0 Å². The summed E-state index contributed by atoms with van der Waals surface area (Å²) in [6, 6.07) is 10.2. The zero-order valence-corrected chi connectivity index (χ0v) is 12.9. The zero-order chi connectivity index (χ0) is 15.2. The molecule has 112 valence electrons. The van der Waals surface area contributed by atoms with Gasteiger partial charge >= 0.3 is 0 Å². The number of hydrogen-bond donors (Lipinski definition) is 2. The van der Waals surface area contributed by atoms with Crippen LogP contribution in [0.1, 0.15) is 30.3 Å². The van der Waals surface area contributed by atoms with Gasteiger partial charge in [-0.3, -0.25) is 0 Å². The SMILES string of the molecule is CCCNC(N)=NCc1ccccc1-n1nc(C)cc1C. The van der Waals surface area contributed by atoms with Gasteiger partial charge < -0.3 is 11.1 Å². The minimum Gasteiger partial charge on any atom is -0.370 e. The topological polar surface area (TPSA) is 68.2 Å². The van der Waals surface area contributed by atoms with Crippen molar-refractivity contribution in [2.24, 2.45) is 10.7 Å². The molecule has 1 heterocycles. The van der Waals surface area contributed by atoms with Crippen molar-refractivity contribution in [2.45, 2.75) is 33.7 Å². The van der Waals surface area contributed by atoms with E-state index in [9.17, 15) is 0 Å². The summed E-state index contributed by atoms with van der Waals surface area (Å²) in [6.45, 7) is 7.53. The molecule has 5 heteroatoms. The van der Waals surface area contributed by atoms with Gasteiger partial charge in [0.05, 0.1) is 17.9 Å². The van der Waals surface area contributed by atoms with E-state index in [1.807, 2.05) is 23.7 Å². The second kappa shape index (κ2) is 6.92. The molecule has 0 saturated carbocycles. The average Bonchev–Trinajstić information content (AvgIpc) is 2.81. The van der Waals surface area contributed by atoms with Crippen molar-refractivity contribution >= 4 is 5.96 Å². The third-order valence-electron chi connectivity index (χ3n) is 3.21. The van der Waals surface area contributed by atoms with Crippen molar-refractivity contribution in [3.05, 3.63) is 47.3 Å². The van der Waals surface area contributed by atoms with Crippen LogP contribution in [-0.4, -0.2) is 22.3 Å². The molecule has 0 bridgehead atoms. The van der Waals surface area contributed by atoms with Crippen LogP contribution in [0.2, 0.25) is 0 Å². The van der Waals surface area contributed by atoms with Crippen LogP contribution in [0, 0.1) is 13.8 Å². The van der Waals surface area contributed by atoms with Crippen LogP contribution in [0.4, 0.5) is 0 Å². The highest BCUT2D eigenvalue weighted by atomic mass is 15.3. The molecular weight excluding hydrogens is 262 g/mol. The van der Waals surface area contributed by atoms with Crippen molar-refractivity contribution in [3.63, 3.8) is 0 Å². The van der Waals surface area contributed by atoms with E-state index in [1.54, 1.807) is 0 Å². The van der Waals surface area contributed by atoms with Crippen LogP contribution >= 0.6 is 0 Å². The Balaban J connectivity index is 2.23. The predicted octanol–water partition coefficient (Wildman–Crippen LogP) is 2.30. The van der Waals surface area contributed by atoms with Gasteiger partial charge in [-0.2, -0.15) is 5.10 Å². The van der Waals surface area contributed by atoms with Gasteiger partial charge in [-0.1, -0.05) is 25.1 Å². The third kappa shape index (κ3) is 3.84. The molecule has 0 aliphatic heterocycles. The van der Waals surface area contributed by atoms with E-state index in [4.69, 9.17) is 5.73 Å². The number of hydrogen-bond acceptors (Lipinski definition) is 2. The quantitative estimate of drug-likeness (QED) is 0.654. The van der Waals surface area contributed by atoms with Gasteiger partial charge in [0.25, 0.3) is 0 Å². The van der Waals surface area contributed by atoms with Crippen molar-refractivity contribution in [3.8, 4) is 5.69 Å². The number of aromatic nitrogens is 2. The van der Waals surface area contributed by atoms with Crippen molar-refractivity contribution in [1.29, 1.82) is 0 Å². The third-order valence-corrected chi connectivity index (χ3v) is 3.21. The Bertz CT molecular complexity index is 627. The van der Waals surface area contributed by atoms with E-state index in [0.29, 0.717) is 12.5 Å². The number of nitrogens with two attached hydrogens (primary N) is 1. The molecule has 0 amide bonds. The lowest BCUT2D eigenvalue weighted by Crippen LogP contribution is -2.32. The summed E-state index contributed by atoms with van der Waals surface area (Å²) in [7, 11) is 0. The molecule has 1 aromatic carbocycles. The van der Waals surface area contributed by atoms with Crippen molar-refractivity contribution in [2.75, 3.05) is 6.54 Å². The predicted molar refractivity (Wildman–Crippen MR) is 86.7 cm³/mol. The maximum atomic E-state index is 5.85. The van der Waals surface area contributed by atoms with Gasteiger partial charge in [0.1, 0.15) is 0 Å². The van der Waals surface area contributed by atoms with E-state index in [2.05, 4.69) is 47.5 Å². The number of aryl methyl sites for hydroxylation is 2. The minimum absolute atomic E-state index is 0.486. The highest BCUT2D eigenvalue weighted by Gasteiger charge is 2.08. The average molecular weight is 285 g/mol. The zero-order valence-electron chi connectivity index (χ0n) is 12.9. The first kappa shape index (κ1) is 15.1. The van der Waals surface area contributed by atoms with E-state index in [1.165, 1.54) is 0 Å². The smallest absolute Gasteiger partial charge is 0.188 e. The van der Waals surface area contributed by atoms with E-state index >= 15 is 0 Å². The summed E-state index contributed by atoms with van der Waals surface area (Å²) >= 11 is 0. The fraction of sp³-hybridized carbons (Fsp3) is 0.375. The van der Waals surface area contributed by atoms with Crippen LogP contribution < -0.4 is 11.1 Å². The molecule has 0 spiro atoms. The summed E-state index contributed by atoms with van der Waals surface area (Å²) in [6.07, 6.45) is 1.03. The number of aliphatic imine (C=N–C) groups is 1. The first-order chi connectivity index (χ1) is 10.1. The van der Waals surface area contributed by atoms with Crippen molar-refractivity contribution < 1.29 is 0 Å². The Morgan fingerprint density at radius 3 is 2.76 bits per heavy atom. The first-order valence-electron chi connectivity index (χ1n) is 7.27. The molecule has 0 saturated heterocycles. The van der Waals surface area contributed by atoms with E-state index in [-0.39, 0.29) is 0 Å². The Morgan fingerprint density at radius 2 is 2.10 bits per heavy atom. The van der Waals surface area contributed by atoms with E-state index in [0.717, 1.165) is 35.6 Å². The molecule has 1 aromatic heterocycles. The molecule has 0 unspecified atom stereocenters. The van der Waals surface area contributed by atoms with Crippen LogP contribution in [0.5, 0.6) is 0 Å². The van der Waals surface area contributed by atoms with Gasteiger partial charge in [0, 0.05) is 12.2 Å². The summed E-state index contributed by atoms with van der Waals surface area (Å²) in [5.41, 5.74) is 10.1. The maximum absolute atomic E-state index is 5.85. The van der Waals surface area contributed by atoms with Crippen LogP contribution in [0.3, 0.4) is 0 Å². The molecule has 0 atom stereocenters. The molecule has 0 fully saturated rings. The Labute approximate surface area is 125 Å². The van der Waals surface area contributed by atoms with Gasteiger partial charge in [0.15, 0.2) is 5.96 Å². The molecule has 2 rings (SSSR count). The second-order valence-corrected chi connectivity index (χ2v) is 5.10. The number of para-hydroxylation sites is 1. The molecule has 0 aliphatic rings. The summed E-state index contributed by atoms with van der Waals surface area (Å²) in [5, 5.41) is 7.62. The number of nitrogens with zero attached hydrogens (tertiary/aromatic N) is 3. The van der Waals surface area contributed by atoms with Crippen LogP contribution in [0.15, 0.2) is 35.3 Å². The van der Waals surface area contributed by atoms with Crippen molar-refractivity contribution in [1.82, 2.24) is 15.1 Å². The highest BCUT2D eigenvalue weighted by Crippen LogP contribution is 2.17. The van der Waals surface area contributed by atoms with Crippen LogP contribution in [0.25, 0.3) is 5.69 Å². The molecule has 0 aliphatic carbocycles. The normalized spacial score (nSPS) is 11.7. The fourth-order valence-corrected chi connectivity index (χ4v) is 2.20. The number of benzene rings is 1. The Kier molecular flexibility index (Phi) is 4.98. The lowest BCUT2D eigenvalue weighted by Gasteiger charge is -2.10. The van der Waals surface area contributed by atoms with Gasteiger partial charge in [0.2, 0.25) is 0 Å². The number of rotatable bonds is 5. The first-order valence-corrected chi connectivity index (χ1v) is 7.27. The summed E-state index contributed by atoms with van der Waals surface area (Å²) < 4.78 is 1.95. The standard InChI is InChI=1S/C16H23N5/c1-4-9-18-16(17)19-11-14-7-5-6-8-15(14)21-13(3)10-12(2)20-21/h5-8,10H,4,9,11H2,1-3H3,(H3,17,18,19). The molecule has 5 nitrogen and oxygen atoms in total. The number of nitrogens with one attached hydrogen (secondary N) is 1. The monoisotopic (exact) mass is 285 g/mol. The Morgan fingerprint density at radius 1 is 1.33 bits per heavy atom. The molecule has 0 radical (unpaired) electrons. The molecule has 21 heavy (non-hydrogen) atoms. The van der Waals surface area contributed by atoms with Gasteiger partial charge in [-0.25, -0.2) is 9.67 Å². The lowest BCUT2D eigenvalue weighted by atomic mass is 10.2. The molecular formula is C16H23N5. The van der Waals surface area contributed by atoms with Gasteiger partial charge in [-0.05, 0) is 38.0 Å². The molecule has 2 aromatic rings. The molecule has 3 N–H and O–H groups in total. The highest BCUT2D eigenvalue weighted by molar-refractivity contribution is 5.77. The Hall–Kier alpha value is -2.30. The largest absolute Gasteiger partial charge is 0.370 e. The van der Waals surface area contributed by atoms with Crippen LogP contribution in [-0.2, 0) is 6.54 Å². The minimum atomic E-state index is 0.486. The summed E-state index contributed by atoms with van der Waals surface area (Å²) in [5.74, 6) is 0.486. The summed E-state index contributed by atoms with van der Waals surface area (Å²) in [4.78, 5) is 4.40. The van der Waals surface area contributed by atoms with Gasteiger partial charge in [-0.15, -0.1) is 0 Å². The maximum Gasteiger partial charge on any atom is 0.188 e. The fourth-order valence-electron chi connectivity index (χ4n) is 2.20. The number of guanidine groups is 1.